The fraction of sp³-hybridized carbons (Fsp3) is 0.812. The van der Waals surface area contributed by atoms with Gasteiger partial charge in [0, 0.05) is 38.0 Å². The molecule has 120 valence electrons. The van der Waals surface area contributed by atoms with Crippen molar-refractivity contribution >= 4 is 8.32 Å². The lowest BCUT2D eigenvalue weighted by Gasteiger charge is -2.37. The van der Waals surface area contributed by atoms with Crippen LogP contribution in [0.3, 0.4) is 0 Å². The lowest BCUT2D eigenvalue weighted by Crippen LogP contribution is -2.42. The summed E-state index contributed by atoms with van der Waals surface area (Å²) in [5.74, 6) is 0. The van der Waals surface area contributed by atoms with E-state index >= 15 is 0 Å². The first kappa shape index (κ1) is 16.7. The van der Waals surface area contributed by atoms with Crippen molar-refractivity contribution in [3.05, 3.63) is 18.0 Å². The number of likely N-dealkylation sites (tertiary alicyclic amines) is 1. The minimum atomic E-state index is -1.62. The summed E-state index contributed by atoms with van der Waals surface area (Å²) < 4.78 is 8.22. The average molecular weight is 310 g/mol. The molecule has 0 bridgehead atoms. The van der Waals surface area contributed by atoms with Crippen LogP contribution in [0.1, 0.15) is 45.2 Å². The normalized spacial score (nSPS) is 21.1. The Kier molecular flexibility index (Phi) is 4.95. The highest BCUT2D eigenvalue weighted by molar-refractivity contribution is 6.74. The second kappa shape index (κ2) is 6.22. The van der Waals surface area contributed by atoms with E-state index in [1.54, 1.807) is 0 Å². The maximum Gasteiger partial charge on any atom is 0.192 e. The molecular weight excluding hydrogens is 278 g/mol. The van der Waals surface area contributed by atoms with Gasteiger partial charge in [0.1, 0.15) is 0 Å². The van der Waals surface area contributed by atoms with Crippen molar-refractivity contribution in [1.82, 2.24) is 14.7 Å². The van der Waals surface area contributed by atoms with Crippen LogP contribution in [-0.4, -0.2) is 42.7 Å². The van der Waals surface area contributed by atoms with Crippen molar-refractivity contribution in [1.29, 1.82) is 0 Å². The molecule has 1 aliphatic heterocycles. The number of aromatic nitrogens is 2. The Morgan fingerprint density at radius 1 is 1.38 bits per heavy atom. The van der Waals surface area contributed by atoms with E-state index in [9.17, 15) is 0 Å². The van der Waals surface area contributed by atoms with Gasteiger partial charge >= 0.3 is 0 Å². The van der Waals surface area contributed by atoms with Crippen LogP contribution in [0.15, 0.2) is 12.4 Å². The van der Waals surface area contributed by atoms with E-state index in [1.165, 1.54) is 24.9 Å². The lowest BCUT2D eigenvalue weighted by atomic mass is 10.1. The van der Waals surface area contributed by atoms with Gasteiger partial charge in [-0.05, 0) is 37.5 Å². The highest BCUT2D eigenvalue weighted by Crippen LogP contribution is 2.37. The van der Waals surface area contributed by atoms with Crippen LogP contribution in [0.2, 0.25) is 18.1 Å². The predicted octanol–water partition coefficient (Wildman–Crippen LogP) is 3.58. The predicted molar refractivity (Wildman–Crippen MR) is 89.9 cm³/mol. The van der Waals surface area contributed by atoms with Gasteiger partial charge in [-0.25, -0.2) is 0 Å². The van der Waals surface area contributed by atoms with Gasteiger partial charge < -0.3 is 4.43 Å². The zero-order valence-corrected chi connectivity index (χ0v) is 15.5. The highest BCUT2D eigenvalue weighted by atomic mass is 28.4. The minimum absolute atomic E-state index is 0.292. The molecule has 1 saturated heterocycles. The summed E-state index contributed by atoms with van der Waals surface area (Å²) in [7, 11) is 0.372. The molecule has 2 rings (SSSR count). The van der Waals surface area contributed by atoms with Crippen molar-refractivity contribution < 1.29 is 4.43 Å². The highest BCUT2D eigenvalue weighted by Gasteiger charge is 2.37. The van der Waals surface area contributed by atoms with Gasteiger partial charge in [-0.2, -0.15) is 5.10 Å². The maximum atomic E-state index is 6.32. The molecule has 0 radical (unpaired) electrons. The summed E-state index contributed by atoms with van der Waals surface area (Å²) in [6.45, 7) is 14.6. The molecule has 1 atom stereocenters. The Morgan fingerprint density at radius 3 is 2.67 bits per heavy atom. The van der Waals surface area contributed by atoms with Crippen LogP contribution >= 0.6 is 0 Å². The van der Waals surface area contributed by atoms with E-state index in [2.05, 4.69) is 50.1 Å². The molecule has 0 N–H and O–H groups in total. The van der Waals surface area contributed by atoms with Crippen LogP contribution < -0.4 is 0 Å². The molecule has 0 aliphatic carbocycles. The topological polar surface area (TPSA) is 30.3 Å². The Hall–Kier alpha value is -0.653. The van der Waals surface area contributed by atoms with Gasteiger partial charge in [0.25, 0.3) is 0 Å². The molecule has 5 heteroatoms. The molecular formula is C16H31N3OSi. The molecule has 4 nitrogen and oxygen atoms in total. The number of hydrogen-bond donors (Lipinski definition) is 0. The number of hydrogen-bond acceptors (Lipinski definition) is 3. The van der Waals surface area contributed by atoms with Crippen LogP contribution in [0.4, 0.5) is 0 Å². The first-order valence-electron chi connectivity index (χ1n) is 8.07. The first-order valence-corrected chi connectivity index (χ1v) is 11.0. The lowest BCUT2D eigenvalue weighted by molar-refractivity contribution is 0.188. The van der Waals surface area contributed by atoms with Gasteiger partial charge in [0.05, 0.1) is 6.20 Å². The summed E-state index contributed by atoms with van der Waals surface area (Å²) in [6, 6.07) is 0.529. The van der Waals surface area contributed by atoms with Crippen LogP contribution in [0, 0.1) is 0 Å². The number of aryl methyl sites for hydroxylation is 1. The Bertz CT molecular complexity index is 464. The molecule has 2 heterocycles. The average Bonchev–Trinajstić information content (AvgIpc) is 2.96. The summed E-state index contributed by atoms with van der Waals surface area (Å²) in [4.78, 5) is 2.56. The van der Waals surface area contributed by atoms with E-state index in [1.807, 2.05) is 17.9 Å². The number of nitrogens with zero attached hydrogens (tertiary/aromatic N) is 3. The van der Waals surface area contributed by atoms with Gasteiger partial charge in [-0.1, -0.05) is 20.8 Å². The monoisotopic (exact) mass is 309 g/mol. The van der Waals surface area contributed by atoms with Gasteiger partial charge in [0.2, 0.25) is 0 Å². The fourth-order valence-corrected chi connectivity index (χ4v) is 3.75. The van der Waals surface area contributed by atoms with Crippen molar-refractivity contribution in [3.63, 3.8) is 0 Å². The molecule has 0 aromatic carbocycles. The van der Waals surface area contributed by atoms with E-state index < -0.39 is 8.32 Å². The third kappa shape index (κ3) is 3.96. The summed E-state index contributed by atoms with van der Waals surface area (Å²) >= 11 is 0. The van der Waals surface area contributed by atoms with Crippen LogP contribution in [0.25, 0.3) is 0 Å². The van der Waals surface area contributed by atoms with Gasteiger partial charge in [-0.15, -0.1) is 0 Å². The van der Waals surface area contributed by atoms with Gasteiger partial charge in [-0.3, -0.25) is 9.58 Å². The SMILES string of the molecule is Cn1cc([C@H]2CCCN2CCO[Si](C)(C)C(C)(C)C)cn1. The number of rotatable bonds is 5. The molecule has 21 heavy (non-hydrogen) atoms. The Morgan fingerprint density at radius 2 is 2.10 bits per heavy atom. The quantitative estimate of drug-likeness (QED) is 0.779. The molecule has 0 saturated carbocycles. The van der Waals surface area contributed by atoms with Crippen molar-refractivity contribution in [2.45, 2.75) is 57.8 Å². The maximum absolute atomic E-state index is 6.32. The zero-order chi connectivity index (χ0) is 15.7. The zero-order valence-electron chi connectivity index (χ0n) is 14.5. The van der Waals surface area contributed by atoms with Crippen molar-refractivity contribution in [2.75, 3.05) is 19.7 Å². The molecule has 1 fully saturated rings. The Balaban J connectivity index is 1.88. The summed E-state index contributed by atoms with van der Waals surface area (Å²) in [5, 5.41) is 4.61. The molecule has 0 spiro atoms. The molecule has 1 aliphatic rings. The summed E-state index contributed by atoms with van der Waals surface area (Å²) in [5.41, 5.74) is 1.35. The molecule has 1 aromatic heterocycles. The third-order valence-electron chi connectivity index (χ3n) is 5.12. The molecule has 1 aromatic rings. The van der Waals surface area contributed by atoms with E-state index in [0.29, 0.717) is 11.1 Å². The van der Waals surface area contributed by atoms with Crippen molar-refractivity contribution in [3.8, 4) is 0 Å². The molecule has 0 unspecified atom stereocenters. The van der Waals surface area contributed by atoms with E-state index in [0.717, 1.165) is 13.2 Å². The standard InChI is InChI=1S/C16H31N3OSi/c1-16(2,3)21(5,6)20-11-10-19-9-7-8-15(19)14-12-17-18(4)13-14/h12-13,15H,7-11H2,1-6H3/t15-/m1/s1. The first-order chi connectivity index (χ1) is 9.71. The van der Waals surface area contributed by atoms with Crippen LogP contribution in [-0.2, 0) is 11.5 Å². The second-order valence-corrected chi connectivity index (χ2v) is 12.6. The molecule has 0 amide bonds. The third-order valence-corrected chi connectivity index (χ3v) is 9.66. The Labute approximate surface area is 130 Å². The summed E-state index contributed by atoms with van der Waals surface area (Å²) in [6.07, 6.45) is 6.68. The van der Waals surface area contributed by atoms with Crippen LogP contribution in [0.5, 0.6) is 0 Å². The fourth-order valence-electron chi connectivity index (χ4n) is 2.72. The van der Waals surface area contributed by atoms with E-state index in [4.69, 9.17) is 4.43 Å². The second-order valence-electron chi connectivity index (χ2n) is 7.75. The largest absolute Gasteiger partial charge is 0.416 e. The van der Waals surface area contributed by atoms with Crippen molar-refractivity contribution in [2.24, 2.45) is 7.05 Å². The minimum Gasteiger partial charge on any atom is -0.416 e. The smallest absolute Gasteiger partial charge is 0.192 e. The van der Waals surface area contributed by atoms with E-state index in [-0.39, 0.29) is 0 Å². The van der Waals surface area contributed by atoms with Gasteiger partial charge in [0.15, 0.2) is 8.32 Å².